The van der Waals surface area contributed by atoms with E-state index in [2.05, 4.69) is 15.3 Å². The summed E-state index contributed by atoms with van der Waals surface area (Å²) in [5.74, 6) is -1.27. The van der Waals surface area contributed by atoms with Gasteiger partial charge in [-0.15, -0.1) is 0 Å². The van der Waals surface area contributed by atoms with Gasteiger partial charge >= 0.3 is 5.92 Å². The summed E-state index contributed by atoms with van der Waals surface area (Å²) in [6.45, 7) is 6.62. The van der Waals surface area contributed by atoms with Crippen molar-refractivity contribution in [1.29, 1.82) is 0 Å². The molecule has 0 atom stereocenters. The molecule has 0 fully saturated rings. The summed E-state index contributed by atoms with van der Waals surface area (Å²) in [7, 11) is 3.14. The number of anilines is 1. The van der Waals surface area contributed by atoms with Gasteiger partial charge in [0.25, 0.3) is 0 Å². The smallest absolute Gasteiger partial charge is 0.300 e. The summed E-state index contributed by atoms with van der Waals surface area (Å²) < 4.78 is 46.0. The molecule has 0 spiro atoms. The van der Waals surface area contributed by atoms with Crippen LogP contribution in [0, 0.1) is 13.8 Å². The predicted molar refractivity (Wildman–Crippen MR) is 127 cm³/mol. The number of fused-ring (bicyclic) bond motifs is 1. The molecule has 1 aromatic heterocycles. The number of halogens is 2. The summed E-state index contributed by atoms with van der Waals surface area (Å²) in [5, 5.41) is 14.0. The van der Waals surface area contributed by atoms with Crippen molar-refractivity contribution < 1.29 is 28.1 Å². The zero-order valence-electron chi connectivity index (χ0n) is 20.3. The number of alkyl halides is 2. The van der Waals surface area contributed by atoms with E-state index in [9.17, 15) is 13.9 Å². The number of hydrogen-bond acceptors (Lipinski definition) is 7. The first kappa shape index (κ1) is 25.6. The molecule has 0 aliphatic carbocycles. The molecule has 0 amide bonds. The van der Waals surface area contributed by atoms with E-state index in [1.807, 2.05) is 0 Å². The van der Waals surface area contributed by atoms with E-state index in [-0.39, 0.29) is 12.1 Å². The minimum atomic E-state index is -3.41. The maximum Gasteiger partial charge on any atom is 0.300 e. The molecule has 7 nitrogen and oxygen atoms in total. The average Bonchev–Trinajstić information content (AvgIpc) is 2.77. The maximum atomic E-state index is 14.8. The van der Waals surface area contributed by atoms with Gasteiger partial charge in [0.1, 0.15) is 23.9 Å². The minimum Gasteiger partial charge on any atom is -0.493 e. The SMILES string of the molecule is COCCOc1cc2c(NCc3cccc(C(F)(F)C(C)(C)O)c3C)nc(C)nc2cc1OC. The number of rotatable bonds is 10. The summed E-state index contributed by atoms with van der Waals surface area (Å²) >= 11 is 0. The molecule has 0 radical (unpaired) electrons. The van der Waals surface area contributed by atoms with E-state index >= 15 is 0 Å². The molecule has 2 aromatic carbocycles. The summed E-state index contributed by atoms with van der Waals surface area (Å²) in [6.07, 6.45) is 0. The molecule has 3 aromatic rings. The van der Waals surface area contributed by atoms with Crippen LogP contribution in [0.1, 0.15) is 36.4 Å². The maximum absolute atomic E-state index is 14.8. The second-order valence-corrected chi connectivity index (χ2v) is 8.56. The average molecular weight is 476 g/mol. The number of hydrogen-bond donors (Lipinski definition) is 2. The number of nitrogens with one attached hydrogen (secondary N) is 1. The Kier molecular flexibility index (Phi) is 7.57. The summed E-state index contributed by atoms with van der Waals surface area (Å²) in [5.41, 5.74) is -0.674. The first-order chi connectivity index (χ1) is 16.0. The van der Waals surface area contributed by atoms with Crippen LogP contribution in [-0.2, 0) is 17.2 Å². The highest BCUT2D eigenvalue weighted by atomic mass is 19.3. The first-order valence-corrected chi connectivity index (χ1v) is 10.9. The lowest BCUT2D eigenvalue weighted by Gasteiger charge is -2.31. The Morgan fingerprint density at radius 1 is 1.03 bits per heavy atom. The molecule has 3 rings (SSSR count). The van der Waals surface area contributed by atoms with Gasteiger partial charge in [0, 0.05) is 30.7 Å². The highest BCUT2D eigenvalue weighted by Gasteiger charge is 2.47. The van der Waals surface area contributed by atoms with Crippen molar-refractivity contribution in [2.75, 3.05) is 32.8 Å². The molecule has 184 valence electrons. The second kappa shape index (κ2) is 10.1. The first-order valence-electron chi connectivity index (χ1n) is 10.9. The Balaban J connectivity index is 1.96. The fourth-order valence-corrected chi connectivity index (χ4v) is 3.62. The van der Waals surface area contributed by atoms with Gasteiger partial charge in [-0.1, -0.05) is 18.2 Å². The largest absolute Gasteiger partial charge is 0.493 e. The number of aryl methyl sites for hydroxylation is 1. The summed E-state index contributed by atoms with van der Waals surface area (Å²) in [6, 6.07) is 8.24. The quantitative estimate of drug-likeness (QED) is 0.409. The highest BCUT2D eigenvalue weighted by molar-refractivity contribution is 5.91. The van der Waals surface area contributed by atoms with Crippen molar-refractivity contribution in [3.05, 3.63) is 52.8 Å². The van der Waals surface area contributed by atoms with Gasteiger partial charge in [-0.3, -0.25) is 0 Å². The van der Waals surface area contributed by atoms with Crippen molar-refractivity contribution in [3.63, 3.8) is 0 Å². The molecule has 34 heavy (non-hydrogen) atoms. The minimum absolute atomic E-state index is 0.207. The van der Waals surface area contributed by atoms with Crippen LogP contribution in [0.2, 0.25) is 0 Å². The van der Waals surface area contributed by atoms with E-state index in [1.165, 1.54) is 6.07 Å². The predicted octanol–water partition coefficient (Wildman–Crippen LogP) is 4.76. The van der Waals surface area contributed by atoms with Crippen LogP contribution >= 0.6 is 0 Å². The van der Waals surface area contributed by atoms with E-state index in [4.69, 9.17) is 14.2 Å². The summed E-state index contributed by atoms with van der Waals surface area (Å²) in [4.78, 5) is 9.01. The van der Waals surface area contributed by atoms with Gasteiger partial charge in [-0.05, 0) is 44.9 Å². The third kappa shape index (κ3) is 5.20. The third-order valence-electron chi connectivity index (χ3n) is 5.64. The molecule has 9 heteroatoms. The Morgan fingerprint density at radius 3 is 2.41 bits per heavy atom. The zero-order valence-corrected chi connectivity index (χ0v) is 20.3. The van der Waals surface area contributed by atoms with Crippen LogP contribution < -0.4 is 14.8 Å². The van der Waals surface area contributed by atoms with E-state index in [1.54, 1.807) is 52.3 Å². The molecule has 0 unspecified atom stereocenters. The number of ether oxygens (including phenoxy) is 3. The molecule has 0 aliphatic rings. The Morgan fingerprint density at radius 2 is 1.76 bits per heavy atom. The standard InChI is InChI=1S/C25H31F2N3O4/c1-15-17(8-7-9-19(15)25(26,27)24(3,4)31)14-28-23-18-12-22(34-11-10-32-5)21(33-6)13-20(18)29-16(2)30-23/h7-9,12-13,31H,10-11,14H2,1-6H3,(H,28,29,30). The van der Waals surface area contributed by atoms with Crippen LogP contribution in [0.5, 0.6) is 11.5 Å². The lowest BCUT2D eigenvalue weighted by atomic mass is 9.88. The second-order valence-electron chi connectivity index (χ2n) is 8.56. The van der Waals surface area contributed by atoms with Crippen molar-refractivity contribution in [3.8, 4) is 11.5 Å². The number of methoxy groups -OCH3 is 2. The topological polar surface area (TPSA) is 85.7 Å². The molecule has 0 bridgehead atoms. The third-order valence-corrected chi connectivity index (χ3v) is 5.64. The molecule has 2 N–H and O–H groups in total. The number of aromatic nitrogens is 2. The van der Waals surface area contributed by atoms with Gasteiger partial charge in [0.2, 0.25) is 0 Å². The van der Waals surface area contributed by atoms with E-state index in [0.717, 1.165) is 13.8 Å². The molecule has 0 aliphatic heterocycles. The molecule has 0 saturated carbocycles. The number of nitrogens with zero attached hydrogens (tertiary/aromatic N) is 2. The Hall–Kier alpha value is -3.04. The van der Waals surface area contributed by atoms with Gasteiger partial charge in [0.05, 0.1) is 19.2 Å². The lowest BCUT2D eigenvalue weighted by Crippen LogP contribution is -2.40. The van der Waals surface area contributed by atoms with E-state index in [0.29, 0.717) is 58.4 Å². The normalized spacial score (nSPS) is 12.1. The van der Waals surface area contributed by atoms with Gasteiger partial charge in [-0.25, -0.2) is 9.97 Å². The van der Waals surface area contributed by atoms with Crippen LogP contribution in [-0.4, -0.2) is 48.1 Å². The van der Waals surface area contributed by atoms with Crippen molar-refractivity contribution in [2.45, 2.75) is 45.8 Å². The fourth-order valence-electron chi connectivity index (χ4n) is 3.62. The Bertz CT molecular complexity index is 1160. The molecule has 0 saturated heterocycles. The van der Waals surface area contributed by atoms with Gasteiger partial charge < -0.3 is 24.6 Å². The van der Waals surface area contributed by atoms with Crippen molar-refractivity contribution >= 4 is 16.7 Å². The molecular formula is C25H31F2N3O4. The van der Waals surface area contributed by atoms with Crippen LogP contribution in [0.25, 0.3) is 10.9 Å². The molecular weight excluding hydrogens is 444 g/mol. The van der Waals surface area contributed by atoms with Crippen molar-refractivity contribution in [1.82, 2.24) is 9.97 Å². The molecule has 1 heterocycles. The van der Waals surface area contributed by atoms with Crippen LogP contribution in [0.15, 0.2) is 30.3 Å². The van der Waals surface area contributed by atoms with Crippen molar-refractivity contribution in [2.24, 2.45) is 0 Å². The lowest BCUT2D eigenvalue weighted by molar-refractivity contribution is -0.168. The van der Waals surface area contributed by atoms with Gasteiger partial charge in [0.15, 0.2) is 11.5 Å². The monoisotopic (exact) mass is 475 g/mol. The van der Waals surface area contributed by atoms with Crippen LogP contribution in [0.3, 0.4) is 0 Å². The van der Waals surface area contributed by atoms with E-state index < -0.39 is 11.5 Å². The Labute approximate surface area is 198 Å². The fraction of sp³-hybridized carbons (Fsp3) is 0.440. The van der Waals surface area contributed by atoms with Crippen LogP contribution in [0.4, 0.5) is 14.6 Å². The van der Waals surface area contributed by atoms with Gasteiger partial charge in [-0.2, -0.15) is 8.78 Å². The number of benzene rings is 2. The highest BCUT2D eigenvalue weighted by Crippen LogP contribution is 2.41. The zero-order chi connectivity index (χ0) is 25.1. The number of aliphatic hydroxyl groups is 1.